The lowest BCUT2D eigenvalue weighted by Crippen LogP contribution is -2.04. The standard InChI is InChI=1S/C22H20ClNO4/c1-4-6-17-9-16(11-19-14(2)24-28-22(19)25)12-20(26-3)21(17)27-13-15-7-5-8-18(23)10-15/h4-5,7-12H,1,6,13H2,2-3H3/b19-11-. The molecule has 5 nitrogen and oxygen atoms in total. The molecule has 0 N–H and O–H groups in total. The molecule has 6 heteroatoms. The molecule has 2 aromatic rings. The van der Waals surface area contributed by atoms with Gasteiger partial charge >= 0.3 is 5.97 Å². The molecule has 0 spiro atoms. The van der Waals surface area contributed by atoms with Gasteiger partial charge in [-0.15, -0.1) is 6.58 Å². The minimum Gasteiger partial charge on any atom is -0.493 e. The summed E-state index contributed by atoms with van der Waals surface area (Å²) in [5, 5.41) is 4.35. The van der Waals surface area contributed by atoms with E-state index in [0.29, 0.717) is 40.8 Å². The predicted octanol–water partition coefficient (Wildman–Crippen LogP) is 4.97. The zero-order chi connectivity index (χ0) is 20.1. The maximum Gasteiger partial charge on any atom is 0.367 e. The fourth-order valence-corrected chi connectivity index (χ4v) is 3.07. The fraction of sp³-hybridized carbons (Fsp3) is 0.182. The van der Waals surface area contributed by atoms with E-state index in [4.69, 9.17) is 25.9 Å². The largest absolute Gasteiger partial charge is 0.493 e. The van der Waals surface area contributed by atoms with Gasteiger partial charge in [-0.25, -0.2) is 4.79 Å². The van der Waals surface area contributed by atoms with Crippen LogP contribution in [0, 0.1) is 0 Å². The van der Waals surface area contributed by atoms with E-state index in [9.17, 15) is 4.79 Å². The van der Waals surface area contributed by atoms with Crippen molar-refractivity contribution < 1.29 is 19.1 Å². The Morgan fingerprint density at radius 1 is 1.29 bits per heavy atom. The summed E-state index contributed by atoms with van der Waals surface area (Å²) >= 11 is 6.04. The average Bonchev–Trinajstić information content (AvgIpc) is 2.99. The number of hydrogen-bond donors (Lipinski definition) is 0. The monoisotopic (exact) mass is 397 g/mol. The van der Waals surface area contributed by atoms with E-state index in [1.807, 2.05) is 36.4 Å². The van der Waals surface area contributed by atoms with Crippen molar-refractivity contribution in [3.05, 3.63) is 76.3 Å². The molecule has 1 aliphatic heterocycles. The average molecular weight is 398 g/mol. The molecular formula is C22H20ClNO4. The van der Waals surface area contributed by atoms with E-state index in [0.717, 1.165) is 16.7 Å². The molecule has 2 aromatic carbocycles. The van der Waals surface area contributed by atoms with Gasteiger partial charge in [0.05, 0.1) is 18.4 Å². The van der Waals surface area contributed by atoms with Crippen molar-refractivity contribution in [1.82, 2.24) is 0 Å². The Hall–Kier alpha value is -3.05. The summed E-state index contributed by atoms with van der Waals surface area (Å²) in [5.41, 5.74) is 3.58. The molecule has 1 heterocycles. The fourth-order valence-electron chi connectivity index (χ4n) is 2.86. The number of methoxy groups -OCH3 is 1. The van der Waals surface area contributed by atoms with Gasteiger partial charge in [-0.1, -0.05) is 35.0 Å². The van der Waals surface area contributed by atoms with Gasteiger partial charge in [0.25, 0.3) is 0 Å². The van der Waals surface area contributed by atoms with E-state index in [-0.39, 0.29) is 0 Å². The maximum atomic E-state index is 11.8. The van der Waals surface area contributed by atoms with Crippen LogP contribution in [0.2, 0.25) is 5.02 Å². The number of oxime groups is 1. The molecule has 0 saturated heterocycles. The summed E-state index contributed by atoms with van der Waals surface area (Å²) in [6, 6.07) is 11.2. The molecule has 0 unspecified atom stereocenters. The van der Waals surface area contributed by atoms with Crippen molar-refractivity contribution in [2.45, 2.75) is 20.0 Å². The predicted molar refractivity (Wildman–Crippen MR) is 110 cm³/mol. The van der Waals surface area contributed by atoms with Crippen molar-refractivity contribution in [3.8, 4) is 11.5 Å². The van der Waals surface area contributed by atoms with Gasteiger partial charge < -0.3 is 14.3 Å². The second-order valence-electron chi connectivity index (χ2n) is 6.24. The molecule has 3 rings (SSSR count). The highest BCUT2D eigenvalue weighted by atomic mass is 35.5. The lowest BCUT2D eigenvalue weighted by molar-refractivity contribution is -0.136. The number of allylic oxidation sites excluding steroid dienone is 1. The van der Waals surface area contributed by atoms with Crippen LogP contribution >= 0.6 is 11.6 Å². The molecule has 0 bridgehead atoms. The van der Waals surface area contributed by atoms with Crippen LogP contribution < -0.4 is 9.47 Å². The van der Waals surface area contributed by atoms with Crippen molar-refractivity contribution >= 4 is 29.4 Å². The third kappa shape index (κ3) is 4.43. The van der Waals surface area contributed by atoms with Crippen LogP contribution in [0.3, 0.4) is 0 Å². The molecule has 0 aliphatic carbocycles. The van der Waals surface area contributed by atoms with Crippen LogP contribution in [-0.2, 0) is 22.7 Å². The number of carbonyl (C=O) groups excluding carboxylic acids is 1. The molecule has 0 saturated carbocycles. The first-order valence-electron chi connectivity index (χ1n) is 8.69. The molecule has 0 atom stereocenters. The lowest BCUT2D eigenvalue weighted by Gasteiger charge is -2.16. The lowest BCUT2D eigenvalue weighted by atomic mass is 10.0. The van der Waals surface area contributed by atoms with Gasteiger partial charge in [0.1, 0.15) is 6.61 Å². The summed E-state index contributed by atoms with van der Waals surface area (Å²) < 4.78 is 11.6. The number of rotatable bonds is 7. The summed E-state index contributed by atoms with van der Waals surface area (Å²) in [6.07, 6.45) is 4.09. The molecule has 0 fully saturated rings. The third-order valence-electron chi connectivity index (χ3n) is 4.20. The van der Waals surface area contributed by atoms with Gasteiger partial charge in [0.2, 0.25) is 0 Å². The van der Waals surface area contributed by atoms with Gasteiger partial charge in [-0.05, 0) is 54.8 Å². The van der Waals surface area contributed by atoms with Crippen molar-refractivity contribution in [1.29, 1.82) is 0 Å². The Labute approximate surface area is 168 Å². The molecule has 0 radical (unpaired) electrons. The molecular weight excluding hydrogens is 378 g/mol. The maximum absolute atomic E-state index is 11.8. The SMILES string of the molecule is C=CCc1cc(/C=C2\C(=O)ON=C2C)cc(OC)c1OCc1cccc(Cl)c1. The van der Waals surface area contributed by atoms with E-state index < -0.39 is 5.97 Å². The highest BCUT2D eigenvalue weighted by Gasteiger charge is 2.22. The van der Waals surface area contributed by atoms with E-state index in [1.165, 1.54) is 0 Å². The van der Waals surface area contributed by atoms with Crippen LogP contribution in [0.1, 0.15) is 23.6 Å². The third-order valence-corrected chi connectivity index (χ3v) is 4.43. The van der Waals surface area contributed by atoms with E-state index in [1.54, 1.807) is 26.2 Å². The number of hydrogen-bond acceptors (Lipinski definition) is 5. The normalized spacial score (nSPS) is 14.6. The van der Waals surface area contributed by atoms with Crippen LogP contribution in [0.15, 0.2) is 59.8 Å². The second kappa shape index (κ2) is 8.76. The summed E-state index contributed by atoms with van der Waals surface area (Å²) in [4.78, 5) is 16.5. The van der Waals surface area contributed by atoms with Crippen molar-refractivity contribution in [2.75, 3.05) is 7.11 Å². The Kier molecular flexibility index (Phi) is 6.16. The Bertz CT molecular complexity index is 978. The zero-order valence-corrected chi connectivity index (χ0v) is 16.5. The first-order chi connectivity index (χ1) is 13.5. The quantitative estimate of drug-likeness (QED) is 0.376. The van der Waals surface area contributed by atoms with E-state index in [2.05, 4.69) is 11.7 Å². The van der Waals surface area contributed by atoms with Gasteiger partial charge in [-0.3, -0.25) is 0 Å². The first kappa shape index (κ1) is 19.7. The Morgan fingerprint density at radius 2 is 2.11 bits per heavy atom. The number of carbonyl (C=O) groups is 1. The smallest absolute Gasteiger partial charge is 0.367 e. The summed E-state index contributed by atoms with van der Waals surface area (Å²) in [5.74, 6) is 0.723. The van der Waals surface area contributed by atoms with Crippen LogP contribution in [0.25, 0.3) is 6.08 Å². The number of benzene rings is 2. The number of nitrogens with zero attached hydrogens (tertiary/aromatic N) is 1. The van der Waals surface area contributed by atoms with Gasteiger partial charge in [0, 0.05) is 10.6 Å². The summed E-state index contributed by atoms with van der Waals surface area (Å²) in [6.45, 7) is 5.89. The first-order valence-corrected chi connectivity index (χ1v) is 9.06. The second-order valence-corrected chi connectivity index (χ2v) is 6.67. The molecule has 0 aromatic heterocycles. The van der Waals surface area contributed by atoms with Crippen molar-refractivity contribution in [2.24, 2.45) is 5.16 Å². The highest BCUT2D eigenvalue weighted by Crippen LogP contribution is 2.35. The molecule has 1 aliphatic rings. The molecule has 0 amide bonds. The Balaban J connectivity index is 1.95. The van der Waals surface area contributed by atoms with Gasteiger partial charge in [-0.2, -0.15) is 0 Å². The molecule has 28 heavy (non-hydrogen) atoms. The highest BCUT2D eigenvalue weighted by molar-refractivity contribution is 6.30. The molecule has 144 valence electrons. The summed E-state index contributed by atoms with van der Waals surface area (Å²) in [7, 11) is 1.58. The van der Waals surface area contributed by atoms with Crippen molar-refractivity contribution in [3.63, 3.8) is 0 Å². The van der Waals surface area contributed by atoms with E-state index >= 15 is 0 Å². The minimum absolute atomic E-state index is 0.347. The van der Waals surface area contributed by atoms with Crippen LogP contribution in [-0.4, -0.2) is 18.8 Å². The van der Waals surface area contributed by atoms with Crippen LogP contribution in [0.4, 0.5) is 0 Å². The number of ether oxygens (including phenoxy) is 2. The zero-order valence-electron chi connectivity index (χ0n) is 15.7. The van der Waals surface area contributed by atoms with Gasteiger partial charge in [0.15, 0.2) is 11.5 Å². The van der Waals surface area contributed by atoms with Crippen LogP contribution in [0.5, 0.6) is 11.5 Å². The Morgan fingerprint density at radius 3 is 2.75 bits per heavy atom. The number of halogens is 1. The minimum atomic E-state index is -0.469. The topological polar surface area (TPSA) is 57.1 Å².